The molecule has 1 N–H and O–H groups in total. The van der Waals surface area contributed by atoms with Crippen LogP contribution in [-0.4, -0.2) is 32.4 Å². The van der Waals surface area contributed by atoms with Crippen LogP contribution in [0.25, 0.3) is 11.3 Å². The van der Waals surface area contributed by atoms with Crippen molar-refractivity contribution in [1.29, 1.82) is 0 Å². The summed E-state index contributed by atoms with van der Waals surface area (Å²) in [5, 5.41) is 7.91. The van der Waals surface area contributed by atoms with Crippen molar-refractivity contribution in [2.75, 3.05) is 5.32 Å². The Labute approximate surface area is 186 Å². The molecule has 0 radical (unpaired) electrons. The van der Waals surface area contributed by atoms with Crippen LogP contribution < -0.4 is 5.32 Å². The molecule has 0 atom stereocenters. The number of ether oxygens (including phenoxy) is 1. The number of carbonyl (C=O) groups is 2. The van der Waals surface area contributed by atoms with Crippen molar-refractivity contribution in [3.05, 3.63) is 64.9 Å². The predicted molar refractivity (Wildman–Crippen MR) is 120 cm³/mol. The summed E-state index contributed by atoms with van der Waals surface area (Å²) >= 11 is 5.91. The van der Waals surface area contributed by atoms with Crippen LogP contribution in [0.1, 0.15) is 38.3 Å². The van der Waals surface area contributed by atoms with Gasteiger partial charge >= 0.3 is 6.09 Å². The second kappa shape index (κ2) is 9.31. The molecule has 2 aromatic heterocycles. The SMILES string of the molecule is Cc1c(-c2ccncc2)nn(C(=O)OC(C)(C)C)c1NC(=O)CCc1ccc(Cl)cc1. The molecule has 0 fully saturated rings. The number of rotatable bonds is 5. The van der Waals surface area contributed by atoms with Gasteiger partial charge in [-0.05, 0) is 63.9 Å². The van der Waals surface area contributed by atoms with Crippen molar-refractivity contribution in [2.45, 2.75) is 46.1 Å². The van der Waals surface area contributed by atoms with Crippen molar-refractivity contribution in [3.8, 4) is 11.3 Å². The summed E-state index contributed by atoms with van der Waals surface area (Å²) in [5.41, 5.74) is 2.31. The maximum atomic E-state index is 12.8. The number of hydrogen-bond donors (Lipinski definition) is 1. The lowest BCUT2D eigenvalue weighted by Crippen LogP contribution is -2.29. The number of halogens is 1. The Morgan fingerprint density at radius 2 is 1.74 bits per heavy atom. The monoisotopic (exact) mass is 440 g/mol. The van der Waals surface area contributed by atoms with Gasteiger partial charge in [-0.2, -0.15) is 5.10 Å². The molecule has 1 amide bonds. The molecule has 0 saturated heterocycles. The highest BCUT2D eigenvalue weighted by atomic mass is 35.5. The maximum Gasteiger partial charge on any atom is 0.437 e. The highest BCUT2D eigenvalue weighted by Gasteiger charge is 2.26. The highest BCUT2D eigenvalue weighted by molar-refractivity contribution is 6.30. The molecule has 3 aromatic rings. The van der Waals surface area contributed by atoms with Crippen molar-refractivity contribution in [1.82, 2.24) is 14.8 Å². The third kappa shape index (κ3) is 5.92. The van der Waals surface area contributed by atoms with Gasteiger partial charge in [0.1, 0.15) is 11.4 Å². The Morgan fingerprint density at radius 1 is 1.10 bits per heavy atom. The molecule has 0 saturated carbocycles. The zero-order chi connectivity index (χ0) is 22.6. The zero-order valence-corrected chi connectivity index (χ0v) is 18.7. The first kappa shape index (κ1) is 22.5. The quantitative estimate of drug-likeness (QED) is 0.584. The Hall–Kier alpha value is -3.19. The molecular formula is C23H25ClN4O3. The molecule has 0 aliphatic carbocycles. The van der Waals surface area contributed by atoms with E-state index in [1.807, 2.05) is 12.1 Å². The standard InChI is InChI=1S/C23H25ClN4O3/c1-15-20(17-11-13-25-14-12-17)27-28(22(30)31-23(2,3)4)21(15)26-19(29)10-7-16-5-8-18(24)9-6-16/h5-6,8-9,11-14H,7,10H2,1-4H3,(H,26,29). The summed E-state index contributed by atoms with van der Waals surface area (Å²) in [4.78, 5) is 29.5. The fourth-order valence-electron chi connectivity index (χ4n) is 2.97. The van der Waals surface area contributed by atoms with E-state index in [1.165, 1.54) is 0 Å². The number of pyridine rings is 1. The van der Waals surface area contributed by atoms with Crippen LogP contribution in [-0.2, 0) is 16.0 Å². The summed E-state index contributed by atoms with van der Waals surface area (Å²) < 4.78 is 6.58. The normalized spacial score (nSPS) is 11.3. The van der Waals surface area contributed by atoms with E-state index in [0.29, 0.717) is 28.5 Å². The van der Waals surface area contributed by atoms with Gasteiger partial charge in [-0.15, -0.1) is 4.68 Å². The van der Waals surface area contributed by atoms with E-state index < -0.39 is 11.7 Å². The van der Waals surface area contributed by atoms with Crippen LogP contribution in [0.3, 0.4) is 0 Å². The van der Waals surface area contributed by atoms with Gasteiger partial charge in [0.05, 0.1) is 5.69 Å². The number of hydrogen-bond acceptors (Lipinski definition) is 5. The number of benzene rings is 1. The molecular weight excluding hydrogens is 416 g/mol. The summed E-state index contributed by atoms with van der Waals surface area (Å²) in [6, 6.07) is 10.9. The Morgan fingerprint density at radius 3 is 2.35 bits per heavy atom. The van der Waals surface area contributed by atoms with Gasteiger partial charge in [0, 0.05) is 35.0 Å². The van der Waals surface area contributed by atoms with Crippen molar-refractivity contribution in [2.24, 2.45) is 0 Å². The average molecular weight is 441 g/mol. The molecule has 0 aliphatic rings. The second-order valence-corrected chi connectivity index (χ2v) is 8.56. The topological polar surface area (TPSA) is 86.1 Å². The van der Waals surface area contributed by atoms with Crippen LogP contribution in [0.5, 0.6) is 0 Å². The van der Waals surface area contributed by atoms with Crippen LogP contribution in [0.4, 0.5) is 10.6 Å². The molecule has 0 spiro atoms. The minimum atomic E-state index is -0.705. The van der Waals surface area contributed by atoms with E-state index >= 15 is 0 Å². The molecule has 3 rings (SSSR count). The first-order valence-corrected chi connectivity index (χ1v) is 10.3. The Balaban J connectivity index is 1.86. The summed E-state index contributed by atoms with van der Waals surface area (Å²) in [6.07, 6.45) is 3.41. The van der Waals surface area contributed by atoms with E-state index in [2.05, 4.69) is 15.4 Å². The third-order valence-electron chi connectivity index (χ3n) is 4.45. The second-order valence-electron chi connectivity index (χ2n) is 8.12. The Bertz CT molecular complexity index is 1070. The van der Waals surface area contributed by atoms with Crippen molar-refractivity contribution < 1.29 is 14.3 Å². The number of anilines is 1. The molecule has 7 nitrogen and oxygen atoms in total. The fraction of sp³-hybridized carbons (Fsp3) is 0.304. The largest absolute Gasteiger partial charge is 0.442 e. The summed E-state index contributed by atoms with van der Waals surface area (Å²) in [7, 11) is 0. The molecule has 31 heavy (non-hydrogen) atoms. The minimum absolute atomic E-state index is 0.232. The fourth-order valence-corrected chi connectivity index (χ4v) is 3.09. The number of aromatic nitrogens is 3. The number of amides is 1. The van der Waals surface area contributed by atoms with Crippen LogP contribution in [0, 0.1) is 6.92 Å². The molecule has 162 valence electrons. The Kier molecular flexibility index (Phi) is 6.75. The third-order valence-corrected chi connectivity index (χ3v) is 4.71. The molecule has 8 heteroatoms. The lowest BCUT2D eigenvalue weighted by molar-refractivity contribution is -0.116. The molecule has 0 bridgehead atoms. The van der Waals surface area contributed by atoms with Gasteiger partial charge in [0.2, 0.25) is 5.91 Å². The first-order chi connectivity index (χ1) is 14.6. The minimum Gasteiger partial charge on any atom is -0.442 e. The number of aryl methyl sites for hydroxylation is 1. The van der Waals surface area contributed by atoms with Gasteiger partial charge < -0.3 is 10.1 Å². The van der Waals surface area contributed by atoms with Crippen LogP contribution >= 0.6 is 11.6 Å². The summed E-state index contributed by atoms with van der Waals surface area (Å²) in [5.74, 6) is 0.0613. The lowest BCUT2D eigenvalue weighted by Gasteiger charge is -2.19. The lowest BCUT2D eigenvalue weighted by atomic mass is 10.1. The zero-order valence-electron chi connectivity index (χ0n) is 18.0. The molecule has 0 unspecified atom stereocenters. The predicted octanol–water partition coefficient (Wildman–Crippen LogP) is 5.26. The summed E-state index contributed by atoms with van der Waals surface area (Å²) in [6.45, 7) is 7.12. The van der Waals surface area contributed by atoms with E-state index in [9.17, 15) is 9.59 Å². The maximum absolute atomic E-state index is 12.8. The van der Waals surface area contributed by atoms with Crippen molar-refractivity contribution in [3.63, 3.8) is 0 Å². The number of carbonyl (C=O) groups excluding carboxylic acids is 2. The van der Waals surface area contributed by atoms with E-state index in [4.69, 9.17) is 16.3 Å². The number of nitrogens with one attached hydrogen (secondary N) is 1. The van der Waals surface area contributed by atoms with Crippen LogP contribution in [0.2, 0.25) is 5.02 Å². The molecule has 0 aliphatic heterocycles. The van der Waals surface area contributed by atoms with Crippen molar-refractivity contribution >= 4 is 29.4 Å². The smallest absolute Gasteiger partial charge is 0.437 e. The van der Waals surface area contributed by atoms with E-state index in [0.717, 1.165) is 15.8 Å². The van der Waals surface area contributed by atoms with E-state index in [1.54, 1.807) is 64.4 Å². The number of nitrogens with zero attached hydrogens (tertiary/aromatic N) is 3. The van der Waals surface area contributed by atoms with Gasteiger partial charge in [0.25, 0.3) is 0 Å². The molecule has 1 aromatic carbocycles. The van der Waals surface area contributed by atoms with E-state index in [-0.39, 0.29) is 12.3 Å². The first-order valence-electron chi connectivity index (χ1n) is 9.92. The molecule has 2 heterocycles. The van der Waals surface area contributed by atoms with Gasteiger partial charge in [0.15, 0.2) is 0 Å². The highest BCUT2D eigenvalue weighted by Crippen LogP contribution is 2.29. The van der Waals surface area contributed by atoms with Gasteiger partial charge in [-0.3, -0.25) is 9.78 Å². The van der Waals surface area contributed by atoms with Crippen LogP contribution in [0.15, 0.2) is 48.8 Å². The van der Waals surface area contributed by atoms with Gasteiger partial charge in [-0.1, -0.05) is 23.7 Å². The average Bonchev–Trinajstić information content (AvgIpc) is 3.03. The van der Waals surface area contributed by atoms with Gasteiger partial charge in [-0.25, -0.2) is 4.79 Å².